The maximum absolute atomic E-state index is 3.52. The van der Waals surface area contributed by atoms with Gasteiger partial charge in [-0.1, -0.05) is 11.6 Å². The van der Waals surface area contributed by atoms with Crippen LogP contribution in [0.5, 0.6) is 0 Å². The van der Waals surface area contributed by atoms with Crippen molar-refractivity contribution in [3.63, 3.8) is 0 Å². The van der Waals surface area contributed by atoms with Gasteiger partial charge in [0.15, 0.2) is 0 Å². The molecule has 1 aromatic carbocycles. The highest BCUT2D eigenvalue weighted by atomic mass is 14.9. The summed E-state index contributed by atoms with van der Waals surface area (Å²) in [5, 5.41) is 4.94. The van der Waals surface area contributed by atoms with Crippen LogP contribution in [-0.4, -0.2) is 18.1 Å². The Morgan fingerprint density at radius 1 is 1.28 bits per heavy atom. The monoisotopic (exact) mass is 242 g/mol. The van der Waals surface area contributed by atoms with Crippen molar-refractivity contribution in [2.24, 2.45) is 5.92 Å². The van der Waals surface area contributed by atoms with Crippen LogP contribution in [0.1, 0.15) is 29.7 Å². The minimum absolute atomic E-state index is 0.803. The molecule has 2 nitrogen and oxygen atoms in total. The molecule has 2 aromatic rings. The van der Waals surface area contributed by atoms with Gasteiger partial charge in [-0.3, -0.25) is 0 Å². The van der Waals surface area contributed by atoms with E-state index in [1.807, 2.05) is 0 Å². The summed E-state index contributed by atoms with van der Waals surface area (Å²) in [4.78, 5) is 3.52. The lowest BCUT2D eigenvalue weighted by atomic mass is 9.91. The van der Waals surface area contributed by atoms with Crippen LogP contribution >= 0.6 is 0 Å². The van der Waals surface area contributed by atoms with E-state index in [0.717, 1.165) is 5.92 Å². The van der Waals surface area contributed by atoms with Gasteiger partial charge in [0.25, 0.3) is 0 Å². The normalized spacial score (nSPS) is 20.4. The molecule has 0 aliphatic carbocycles. The number of aromatic nitrogens is 1. The molecule has 1 aromatic heterocycles. The number of aromatic amines is 1. The Balaban J connectivity index is 1.94. The molecule has 2 heteroatoms. The molecule has 1 saturated heterocycles. The number of rotatable bonds is 2. The first-order chi connectivity index (χ1) is 8.74. The Bertz CT molecular complexity index is 547. The van der Waals surface area contributed by atoms with Gasteiger partial charge in [-0.25, -0.2) is 0 Å². The van der Waals surface area contributed by atoms with Crippen molar-refractivity contribution < 1.29 is 0 Å². The maximum Gasteiger partial charge on any atom is 0.0459 e. The lowest BCUT2D eigenvalue weighted by molar-refractivity contribution is 0.376. The van der Waals surface area contributed by atoms with Gasteiger partial charge in [-0.15, -0.1) is 0 Å². The predicted molar refractivity (Wildman–Crippen MR) is 77.1 cm³/mol. The first-order valence-electron chi connectivity index (χ1n) is 7.02. The van der Waals surface area contributed by atoms with Crippen LogP contribution in [0.2, 0.25) is 0 Å². The molecule has 2 N–H and O–H groups in total. The zero-order valence-electron chi connectivity index (χ0n) is 11.3. The second-order valence-electron chi connectivity index (χ2n) is 5.69. The highest BCUT2D eigenvalue weighted by molar-refractivity contribution is 5.85. The Morgan fingerprint density at radius 3 is 2.94 bits per heavy atom. The fourth-order valence-electron chi connectivity index (χ4n) is 3.15. The average molecular weight is 242 g/mol. The molecule has 0 bridgehead atoms. The van der Waals surface area contributed by atoms with Crippen LogP contribution in [0, 0.1) is 19.8 Å². The third-order valence-corrected chi connectivity index (χ3v) is 4.17. The van der Waals surface area contributed by atoms with Crippen molar-refractivity contribution in [2.45, 2.75) is 33.1 Å². The van der Waals surface area contributed by atoms with Gasteiger partial charge < -0.3 is 10.3 Å². The second-order valence-corrected chi connectivity index (χ2v) is 5.69. The van der Waals surface area contributed by atoms with Crippen molar-refractivity contribution in [2.75, 3.05) is 13.1 Å². The lowest BCUT2D eigenvalue weighted by Crippen LogP contribution is -2.30. The first-order valence-corrected chi connectivity index (χ1v) is 7.02. The van der Waals surface area contributed by atoms with E-state index >= 15 is 0 Å². The molecular weight excluding hydrogens is 220 g/mol. The molecule has 1 aliphatic rings. The van der Waals surface area contributed by atoms with Crippen LogP contribution in [0.3, 0.4) is 0 Å². The Labute approximate surface area is 109 Å². The Morgan fingerprint density at radius 2 is 2.17 bits per heavy atom. The molecule has 96 valence electrons. The van der Waals surface area contributed by atoms with Gasteiger partial charge in [0.2, 0.25) is 0 Å². The van der Waals surface area contributed by atoms with E-state index in [9.17, 15) is 0 Å². The van der Waals surface area contributed by atoms with Crippen LogP contribution in [-0.2, 0) is 6.42 Å². The van der Waals surface area contributed by atoms with E-state index in [2.05, 4.69) is 42.3 Å². The average Bonchev–Trinajstić information content (AvgIpc) is 2.67. The number of fused-ring (bicyclic) bond motifs is 1. The number of H-pyrrole nitrogens is 1. The molecule has 18 heavy (non-hydrogen) atoms. The number of benzene rings is 1. The molecule has 0 saturated carbocycles. The molecule has 0 spiro atoms. The van der Waals surface area contributed by atoms with Gasteiger partial charge in [0, 0.05) is 16.6 Å². The summed E-state index contributed by atoms with van der Waals surface area (Å²) in [6.07, 6.45) is 3.90. The number of nitrogens with one attached hydrogen (secondary N) is 2. The fourth-order valence-corrected chi connectivity index (χ4v) is 3.15. The van der Waals surface area contributed by atoms with Gasteiger partial charge in [0.1, 0.15) is 0 Å². The van der Waals surface area contributed by atoms with E-state index in [1.165, 1.54) is 60.1 Å². The summed E-state index contributed by atoms with van der Waals surface area (Å²) in [5.74, 6) is 0.803. The molecule has 2 heterocycles. The minimum atomic E-state index is 0.803. The molecule has 1 atom stereocenters. The Hall–Kier alpha value is -1.28. The van der Waals surface area contributed by atoms with Crippen LogP contribution < -0.4 is 5.32 Å². The van der Waals surface area contributed by atoms with Crippen LogP contribution in [0.15, 0.2) is 18.2 Å². The van der Waals surface area contributed by atoms with E-state index in [0.29, 0.717) is 0 Å². The predicted octanol–water partition coefficient (Wildman–Crippen LogP) is 3.33. The molecule has 0 amide bonds. The van der Waals surface area contributed by atoms with Crippen molar-refractivity contribution in [3.8, 4) is 0 Å². The summed E-state index contributed by atoms with van der Waals surface area (Å²) in [6, 6.07) is 6.72. The molecular formula is C16H22N2. The number of piperidine rings is 1. The van der Waals surface area contributed by atoms with E-state index in [4.69, 9.17) is 0 Å². The van der Waals surface area contributed by atoms with E-state index < -0.39 is 0 Å². The third-order valence-electron chi connectivity index (χ3n) is 4.17. The zero-order valence-corrected chi connectivity index (χ0v) is 11.3. The van der Waals surface area contributed by atoms with Crippen LogP contribution in [0.4, 0.5) is 0 Å². The minimum Gasteiger partial charge on any atom is -0.358 e. The highest BCUT2D eigenvalue weighted by Crippen LogP contribution is 2.27. The summed E-state index contributed by atoms with van der Waals surface area (Å²) in [6.45, 7) is 6.76. The van der Waals surface area contributed by atoms with Crippen LogP contribution in [0.25, 0.3) is 10.9 Å². The van der Waals surface area contributed by atoms with E-state index in [-0.39, 0.29) is 0 Å². The fraction of sp³-hybridized carbons (Fsp3) is 0.500. The lowest BCUT2D eigenvalue weighted by Gasteiger charge is -2.22. The van der Waals surface area contributed by atoms with Gasteiger partial charge in [0.05, 0.1) is 0 Å². The summed E-state index contributed by atoms with van der Waals surface area (Å²) in [5.41, 5.74) is 5.52. The van der Waals surface area contributed by atoms with Gasteiger partial charge >= 0.3 is 0 Å². The molecule has 1 aliphatic heterocycles. The molecule has 0 radical (unpaired) electrons. The summed E-state index contributed by atoms with van der Waals surface area (Å²) < 4.78 is 0. The maximum atomic E-state index is 3.52. The van der Waals surface area contributed by atoms with E-state index in [1.54, 1.807) is 0 Å². The highest BCUT2D eigenvalue weighted by Gasteiger charge is 2.17. The number of aryl methyl sites for hydroxylation is 2. The summed E-state index contributed by atoms with van der Waals surface area (Å²) in [7, 11) is 0. The van der Waals surface area contributed by atoms with Gasteiger partial charge in [-0.05, 0) is 69.8 Å². The number of hydrogen-bond acceptors (Lipinski definition) is 1. The third kappa shape index (κ3) is 2.17. The molecule has 1 fully saturated rings. The van der Waals surface area contributed by atoms with Crippen molar-refractivity contribution in [1.29, 1.82) is 0 Å². The first kappa shape index (κ1) is 11.8. The SMILES string of the molecule is Cc1ccc2[nH]c(C)c(CC3CCCNC3)c2c1. The standard InChI is InChI=1S/C16H22N2/c1-11-5-6-16-15(8-11)14(12(2)18-16)9-13-4-3-7-17-10-13/h5-6,8,13,17-18H,3-4,7,9-10H2,1-2H3. The molecule has 3 rings (SSSR count). The van der Waals surface area contributed by atoms with Gasteiger partial charge in [-0.2, -0.15) is 0 Å². The smallest absolute Gasteiger partial charge is 0.0459 e. The zero-order chi connectivity index (χ0) is 12.5. The molecule has 1 unspecified atom stereocenters. The quantitative estimate of drug-likeness (QED) is 0.830. The van der Waals surface area contributed by atoms with Crippen molar-refractivity contribution in [3.05, 3.63) is 35.0 Å². The Kier molecular flexibility index (Phi) is 3.13. The van der Waals surface area contributed by atoms with Crippen molar-refractivity contribution >= 4 is 10.9 Å². The topological polar surface area (TPSA) is 27.8 Å². The largest absolute Gasteiger partial charge is 0.358 e. The second kappa shape index (κ2) is 4.77. The number of hydrogen-bond donors (Lipinski definition) is 2. The van der Waals surface area contributed by atoms with Crippen molar-refractivity contribution in [1.82, 2.24) is 10.3 Å². The summed E-state index contributed by atoms with van der Waals surface area (Å²) >= 11 is 0.